The fraction of sp³-hybridized carbons (Fsp3) is 0.583. The molecule has 0 bridgehead atoms. The van der Waals surface area contributed by atoms with Gasteiger partial charge in [0.05, 0.1) is 23.2 Å². The van der Waals surface area contributed by atoms with Crippen molar-refractivity contribution in [2.45, 2.75) is 36.1 Å². The second-order valence-corrected chi connectivity index (χ2v) is 5.49. The smallest absolute Gasteiger partial charge is 0.281 e. The van der Waals surface area contributed by atoms with E-state index in [1.54, 1.807) is 6.07 Å². The van der Waals surface area contributed by atoms with Crippen LogP contribution in [0.1, 0.15) is 36.9 Å². The molecule has 94 valence electrons. The van der Waals surface area contributed by atoms with Gasteiger partial charge in [0.15, 0.2) is 0 Å². The quantitative estimate of drug-likeness (QED) is 0.612. The summed E-state index contributed by atoms with van der Waals surface area (Å²) in [6, 6.07) is 1.80. The summed E-state index contributed by atoms with van der Waals surface area (Å²) in [5.41, 5.74) is 0.778. The first-order valence-electron chi connectivity index (χ1n) is 6.07. The molecule has 1 saturated carbocycles. The number of aromatic nitrogens is 2. The monoisotopic (exact) mass is 263 g/mol. The van der Waals surface area contributed by atoms with Gasteiger partial charge in [-0.15, -0.1) is 0 Å². The summed E-state index contributed by atoms with van der Waals surface area (Å²) < 4.78 is 6.84. The summed E-state index contributed by atoms with van der Waals surface area (Å²) in [6.45, 7) is 1.21. The van der Waals surface area contributed by atoms with Crippen molar-refractivity contribution in [2.24, 2.45) is 0 Å². The maximum Gasteiger partial charge on any atom is 0.281 e. The van der Waals surface area contributed by atoms with Crippen molar-refractivity contribution in [3.05, 3.63) is 22.1 Å². The zero-order valence-corrected chi connectivity index (χ0v) is 10.7. The van der Waals surface area contributed by atoms with Crippen LogP contribution >= 0.6 is 11.8 Å². The van der Waals surface area contributed by atoms with E-state index in [1.807, 2.05) is 5.40 Å². The average Bonchev–Trinajstić information content (AvgIpc) is 3.08. The maximum atomic E-state index is 12.2. The third kappa shape index (κ3) is 2.16. The molecule has 6 heteroatoms. The van der Waals surface area contributed by atoms with Gasteiger partial charge in [0.2, 0.25) is 0 Å². The predicted molar refractivity (Wildman–Crippen MR) is 66.4 cm³/mol. The van der Waals surface area contributed by atoms with Crippen LogP contribution < -0.4 is 5.56 Å². The molecule has 0 radical (unpaired) electrons. The Morgan fingerprint density at radius 3 is 2.94 bits per heavy atom. The van der Waals surface area contributed by atoms with E-state index in [9.17, 15) is 4.79 Å². The van der Waals surface area contributed by atoms with Crippen molar-refractivity contribution in [1.29, 1.82) is 5.26 Å². The van der Waals surface area contributed by atoms with Crippen LogP contribution in [0.5, 0.6) is 0 Å². The van der Waals surface area contributed by atoms with Crippen molar-refractivity contribution in [2.75, 3.05) is 13.2 Å². The molecule has 0 unspecified atom stereocenters. The molecule has 1 aromatic heterocycles. The highest BCUT2D eigenvalue weighted by molar-refractivity contribution is 8.03. The molecule has 0 spiro atoms. The lowest BCUT2D eigenvalue weighted by molar-refractivity contribution is 0.183. The van der Waals surface area contributed by atoms with Crippen LogP contribution in [-0.2, 0) is 4.74 Å². The molecule has 1 atom stereocenters. The summed E-state index contributed by atoms with van der Waals surface area (Å²) in [5, 5.41) is 15.2. The molecule has 0 amide bonds. The lowest BCUT2D eigenvalue weighted by Gasteiger charge is -2.13. The Morgan fingerprint density at radius 2 is 2.33 bits per heavy atom. The van der Waals surface area contributed by atoms with Gasteiger partial charge in [0.25, 0.3) is 5.56 Å². The Morgan fingerprint density at radius 1 is 1.50 bits per heavy atom. The number of ether oxygens (including phenoxy) is 1. The second-order valence-electron chi connectivity index (χ2n) is 4.67. The molecular formula is C12H13N3O2S. The summed E-state index contributed by atoms with van der Waals surface area (Å²) in [4.78, 5) is 12.7. The SMILES string of the molecule is N#CSc1cc(C2CC2)nn([C@@H]2CCOC2)c1=O. The number of rotatable bonds is 3. The van der Waals surface area contributed by atoms with Gasteiger partial charge in [0.1, 0.15) is 5.40 Å². The van der Waals surface area contributed by atoms with Crippen molar-refractivity contribution in [3.8, 4) is 5.40 Å². The average molecular weight is 263 g/mol. The second kappa shape index (κ2) is 4.75. The number of thiocyanates is 1. The van der Waals surface area contributed by atoms with Crippen LogP contribution in [-0.4, -0.2) is 23.0 Å². The van der Waals surface area contributed by atoms with E-state index in [0.29, 0.717) is 24.0 Å². The standard InChI is InChI=1S/C12H13N3O2S/c13-7-18-11-5-10(8-1-2-8)14-15(12(11)16)9-3-4-17-6-9/h5,8-9H,1-4,6H2/t9-/m1/s1. The van der Waals surface area contributed by atoms with Crippen molar-refractivity contribution in [1.82, 2.24) is 9.78 Å². The molecule has 5 nitrogen and oxygen atoms in total. The molecule has 2 fully saturated rings. The molecule has 18 heavy (non-hydrogen) atoms. The van der Waals surface area contributed by atoms with Gasteiger partial charge in [0, 0.05) is 12.5 Å². The third-order valence-electron chi connectivity index (χ3n) is 3.32. The fourth-order valence-electron chi connectivity index (χ4n) is 2.17. The first-order valence-corrected chi connectivity index (χ1v) is 6.88. The van der Waals surface area contributed by atoms with E-state index in [0.717, 1.165) is 36.7 Å². The van der Waals surface area contributed by atoms with Gasteiger partial charge in [-0.05, 0) is 37.1 Å². The minimum absolute atomic E-state index is 0.0224. The molecule has 3 rings (SSSR count). The molecular weight excluding hydrogens is 250 g/mol. The van der Waals surface area contributed by atoms with Crippen molar-refractivity contribution >= 4 is 11.8 Å². The van der Waals surface area contributed by atoms with Crippen LogP contribution in [0, 0.1) is 10.7 Å². The molecule has 0 N–H and O–H groups in total. The summed E-state index contributed by atoms with van der Waals surface area (Å²) >= 11 is 0.926. The van der Waals surface area contributed by atoms with Gasteiger partial charge in [-0.1, -0.05) is 0 Å². The fourth-order valence-corrected chi connectivity index (χ4v) is 2.63. The van der Waals surface area contributed by atoms with Gasteiger partial charge < -0.3 is 4.74 Å². The van der Waals surface area contributed by atoms with E-state index < -0.39 is 0 Å². The Kier molecular flexibility index (Phi) is 3.10. The molecule has 1 aliphatic heterocycles. The van der Waals surface area contributed by atoms with Gasteiger partial charge in [-0.2, -0.15) is 10.4 Å². The highest BCUT2D eigenvalue weighted by Gasteiger charge is 2.29. The Balaban J connectivity index is 2.04. The first-order chi connectivity index (χ1) is 8.79. The topological polar surface area (TPSA) is 67.9 Å². The Bertz CT molecular complexity index is 553. The first kappa shape index (κ1) is 11.8. The van der Waals surface area contributed by atoms with Crippen LogP contribution in [0.3, 0.4) is 0 Å². The highest BCUT2D eigenvalue weighted by Crippen LogP contribution is 2.39. The summed E-state index contributed by atoms with van der Waals surface area (Å²) in [7, 11) is 0. The van der Waals surface area contributed by atoms with Crippen LogP contribution in [0.2, 0.25) is 0 Å². The largest absolute Gasteiger partial charge is 0.379 e. The van der Waals surface area contributed by atoms with Crippen LogP contribution in [0.15, 0.2) is 15.8 Å². The Hall–Kier alpha value is -1.32. The lowest BCUT2D eigenvalue weighted by Crippen LogP contribution is -2.29. The summed E-state index contributed by atoms with van der Waals surface area (Å²) in [6.07, 6.45) is 3.07. The van der Waals surface area contributed by atoms with Crippen molar-refractivity contribution < 1.29 is 4.74 Å². The van der Waals surface area contributed by atoms with E-state index >= 15 is 0 Å². The summed E-state index contributed by atoms with van der Waals surface area (Å²) in [5.74, 6) is 0.470. The maximum absolute atomic E-state index is 12.2. The van der Waals surface area contributed by atoms with Gasteiger partial charge in [-0.25, -0.2) is 4.68 Å². The zero-order chi connectivity index (χ0) is 12.5. The number of nitrogens with zero attached hydrogens (tertiary/aromatic N) is 3. The normalized spacial score (nSPS) is 22.9. The van der Waals surface area contributed by atoms with Crippen molar-refractivity contribution in [3.63, 3.8) is 0 Å². The van der Waals surface area contributed by atoms with E-state index in [-0.39, 0.29) is 11.6 Å². The predicted octanol–water partition coefficient (Wildman–Crippen LogP) is 1.66. The lowest BCUT2D eigenvalue weighted by atomic mass is 10.2. The van der Waals surface area contributed by atoms with Crippen LogP contribution in [0.4, 0.5) is 0 Å². The molecule has 2 aliphatic rings. The van der Waals surface area contributed by atoms with Gasteiger partial charge >= 0.3 is 0 Å². The van der Waals surface area contributed by atoms with E-state index in [2.05, 4.69) is 5.10 Å². The third-order valence-corrected chi connectivity index (χ3v) is 3.93. The molecule has 2 heterocycles. The van der Waals surface area contributed by atoms with E-state index in [4.69, 9.17) is 10.00 Å². The number of nitriles is 1. The Labute approximate surface area is 109 Å². The van der Waals surface area contributed by atoms with Crippen LogP contribution in [0.25, 0.3) is 0 Å². The molecule has 1 aromatic rings. The number of hydrogen-bond donors (Lipinski definition) is 0. The zero-order valence-electron chi connectivity index (χ0n) is 9.83. The minimum atomic E-state index is -0.165. The number of thioether (sulfide) groups is 1. The number of hydrogen-bond acceptors (Lipinski definition) is 5. The molecule has 0 aromatic carbocycles. The highest BCUT2D eigenvalue weighted by atomic mass is 32.2. The molecule has 1 saturated heterocycles. The van der Waals surface area contributed by atoms with Gasteiger partial charge in [-0.3, -0.25) is 4.79 Å². The molecule has 1 aliphatic carbocycles. The minimum Gasteiger partial charge on any atom is -0.379 e. The van der Waals surface area contributed by atoms with E-state index in [1.165, 1.54) is 4.68 Å².